The monoisotopic (exact) mass is 301 g/mol. The summed E-state index contributed by atoms with van der Waals surface area (Å²) in [6.07, 6.45) is 1.79. The fourth-order valence-electron chi connectivity index (χ4n) is 1.96. The first-order valence-corrected chi connectivity index (χ1v) is 7.69. The Bertz CT molecular complexity index is 795. The van der Waals surface area contributed by atoms with Gasteiger partial charge in [-0.25, -0.2) is 9.78 Å². The largest absolute Gasteiger partial charge is 0.478 e. The van der Waals surface area contributed by atoms with Crippen LogP contribution in [0.15, 0.2) is 51.8 Å². The second-order valence-electron chi connectivity index (χ2n) is 4.33. The molecule has 0 fully saturated rings. The summed E-state index contributed by atoms with van der Waals surface area (Å²) in [5.74, 6) is -0.897. The maximum absolute atomic E-state index is 11.2. The molecule has 2 aromatic heterocycles. The summed E-state index contributed by atoms with van der Waals surface area (Å²) in [6, 6.07) is 9.50. The molecule has 0 radical (unpaired) electrons. The van der Waals surface area contributed by atoms with E-state index in [0.717, 1.165) is 20.9 Å². The number of aromatic carboxylic acids is 1. The van der Waals surface area contributed by atoms with E-state index in [1.165, 1.54) is 16.5 Å². The standard InChI is InChI=1S/C15H11NO2S2/c1-9-2-3-10(8-12(9)15(17)18)20-14-11-5-7-19-13(11)4-6-16-14/h2-8H,1H3,(H,17,18). The molecule has 0 bridgehead atoms. The number of fused-ring (bicyclic) bond motifs is 1. The predicted octanol–water partition coefficient (Wildman–Crippen LogP) is 4.45. The number of aryl methyl sites for hydroxylation is 1. The number of benzene rings is 1. The minimum absolute atomic E-state index is 0.340. The van der Waals surface area contributed by atoms with Crippen molar-refractivity contribution in [2.45, 2.75) is 16.8 Å². The number of rotatable bonds is 3. The SMILES string of the molecule is Cc1ccc(Sc2nccc3sccc23)cc1C(=O)O. The summed E-state index contributed by atoms with van der Waals surface area (Å²) in [5.41, 5.74) is 1.11. The lowest BCUT2D eigenvalue weighted by molar-refractivity contribution is 0.0696. The Kier molecular flexibility index (Phi) is 3.46. The highest BCUT2D eigenvalue weighted by Crippen LogP contribution is 2.34. The van der Waals surface area contributed by atoms with Crippen molar-refractivity contribution in [2.24, 2.45) is 0 Å². The topological polar surface area (TPSA) is 50.2 Å². The molecule has 0 unspecified atom stereocenters. The molecule has 3 nitrogen and oxygen atoms in total. The van der Waals surface area contributed by atoms with E-state index in [4.69, 9.17) is 0 Å². The Hall–Kier alpha value is -1.85. The number of hydrogen-bond acceptors (Lipinski definition) is 4. The van der Waals surface area contributed by atoms with Gasteiger partial charge in [-0.2, -0.15) is 0 Å². The van der Waals surface area contributed by atoms with Crippen molar-refractivity contribution >= 4 is 39.2 Å². The van der Waals surface area contributed by atoms with Crippen molar-refractivity contribution in [2.75, 3.05) is 0 Å². The molecule has 3 aromatic rings. The molecule has 0 aliphatic rings. The van der Waals surface area contributed by atoms with Gasteiger partial charge in [-0.05, 0) is 42.1 Å². The van der Waals surface area contributed by atoms with Crippen molar-refractivity contribution in [3.63, 3.8) is 0 Å². The molecule has 0 aliphatic heterocycles. The maximum atomic E-state index is 11.2. The molecule has 2 heterocycles. The number of hydrogen-bond donors (Lipinski definition) is 1. The van der Waals surface area contributed by atoms with Crippen LogP contribution in [0.2, 0.25) is 0 Å². The number of pyridine rings is 1. The van der Waals surface area contributed by atoms with Crippen LogP contribution in [0.1, 0.15) is 15.9 Å². The van der Waals surface area contributed by atoms with Crippen LogP contribution in [0.5, 0.6) is 0 Å². The van der Waals surface area contributed by atoms with E-state index in [9.17, 15) is 9.90 Å². The highest BCUT2D eigenvalue weighted by atomic mass is 32.2. The molecule has 0 aliphatic carbocycles. The van der Waals surface area contributed by atoms with Crippen molar-refractivity contribution in [1.82, 2.24) is 4.98 Å². The predicted molar refractivity (Wildman–Crippen MR) is 81.9 cm³/mol. The smallest absolute Gasteiger partial charge is 0.335 e. The Morgan fingerprint density at radius 3 is 2.95 bits per heavy atom. The van der Waals surface area contributed by atoms with Crippen LogP contribution in [0, 0.1) is 6.92 Å². The van der Waals surface area contributed by atoms with Gasteiger partial charge in [0, 0.05) is 21.2 Å². The fourth-order valence-corrected chi connectivity index (χ4v) is 3.74. The number of carbonyl (C=O) groups is 1. The van der Waals surface area contributed by atoms with Gasteiger partial charge in [-0.1, -0.05) is 17.8 Å². The molecule has 1 aromatic carbocycles. The zero-order valence-electron chi connectivity index (χ0n) is 10.7. The first-order chi connectivity index (χ1) is 9.65. The molecule has 0 spiro atoms. The summed E-state index contributed by atoms with van der Waals surface area (Å²) in [4.78, 5) is 16.5. The van der Waals surface area contributed by atoms with Gasteiger partial charge in [0.2, 0.25) is 0 Å². The second kappa shape index (κ2) is 5.26. The lowest BCUT2D eigenvalue weighted by Gasteiger charge is -2.06. The van der Waals surface area contributed by atoms with E-state index in [1.54, 1.807) is 30.5 Å². The lowest BCUT2D eigenvalue weighted by Crippen LogP contribution is -1.99. The Morgan fingerprint density at radius 1 is 1.30 bits per heavy atom. The molecule has 0 saturated carbocycles. The molecule has 1 N–H and O–H groups in total. The Labute approximate surface area is 124 Å². The summed E-state index contributed by atoms with van der Waals surface area (Å²) in [7, 11) is 0. The highest BCUT2D eigenvalue weighted by molar-refractivity contribution is 7.99. The Morgan fingerprint density at radius 2 is 2.15 bits per heavy atom. The average molecular weight is 301 g/mol. The van der Waals surface area contributed by atoms with E-state index in [-0.39, 0.29) is 0 Å². The van der Waals surface area contributed by atoms with Crippen LogP contribution in [0.4, 0.5) is 0 Å². The number of aromatic nitrogens is 1. The van der Waals surface area contributed by atoms with Gasteiger partial charge in [0.15, 0.2) is 0 Å². The third-order valence-electron chi connectivity index (χ3n) is 3.00. The van der Waals surface area contributed by atoms with Crippen LogP contribution < -0.4 is 0 Å². The van der Waals surface area contributed by atoms with Gasteiger partial charge >= 0.3 is 5.97 Å². The molecular weight excluding hydrogens is 290 g/mol. The van der Waals surface area contributed by atoms with Gasteiger partial charge in [-0.15, -0.1) is 11.3 Å². The minimum atomic E-state index is -0.897. The molecule has 20 heavy (non-hydrogen) atoms. The molecule has 0 saturated heterocycles. The number of thiophene rings is 1. The average Bonchev–Trinajstić information content (AvgIpc) is 2.90. The van der Waals surface area contributed by atoms with Crippen LogP contribution in [0.25, 0.3) is 10.1 Å². The van der Waals surface area contributed by atoms with Crippen molar-refractivity contribution in [3.8, 4) is 0 Å². The summed E-state index contributed by atoms with van der Waals surface area (Å²) < 4.78 is 1.19. The quantitative estimate of drug-likeness (QED) is 0.776. The van der Waals surface area contributed by atoms with Gasteiger partial charge in [0.1, 0.15) is 5.03 Å². The van der Waals surface area contributed by atoms with E-state index in [0.29, 0.717) is 5.56 Å². The first kappa shape index (κ1) is 13.1. The molecule has 0 amide bonds. The van der Waals surface area contributed by atoms with Crippen molar-refractivity contribution in [3.05, 3.63) is 53.0 Å². The van der Waals surface area contributed by atoms with Crippen molar-refractivity contribution < 1.29 is 9.90 Å². The van der Waals surface area contributed by atoms with Gasteiger partial charge in [-0.3, -0.25) is 0 Å². The van der Waals surface area contributed by atoms with Crippen LogP contribution in [-0.2, 0) is 0 Å². The normalized spacial score (nSPS) is 10.8. The summed E-state index contributed by atoms with van der Waals surface area (Å²) in [6.45, 7) is 1.80. The third kappa shape index (κ3) is 2.42. The maximum Gasteiger partial charge on any atom is 0.335 e. The van der Waals surface area contributed by atoms with Crippen LogP contribution in [0.3, 0.4) is 0 Å². The fraction of sp³-hybridized carbons (Fsp3) is 0.0667. The zero-order chi connectivity index (χ0) is 14.1. The number of nitrogens with zero attached hydrogens (tertiary/aromatic N) is 1. The second-order valence-corrected chi connectivity index (χ2v) is 6.34. The van der Waals surface area contributed by atoms with Gasteiger partial charge in [0.25, 0.3) is 0 Å². The first-order valence-electron chi connectivity index (χ1n) is 5.99. The van der Waals surface area contributed by atoms with E-state index >= 15 is 0 Å². The van der Waals surface area contributed by atoms with E-state index in [1.807, 2.05) is 29.6 Å². The summed E-state index contributed by atoms with van der Waals surface area (Å²) in [5, 5.41) is 13.2. The summed E-state index contributed by atoms with van der Waals surface area (Å²) >= 11 is 3.17. The third-order valence-corrected chi connectivity index (χ3v) is 4.89. The van der Waals surface area contributed by atoms with Crippen LogP contribution >= 0.6 is 23.1 Å². The number of carboxylic acids is 1. The zero-order valence-corrected chi connectivity index (χ0v) is 12.3. The van der Waals surface area contributed by atoms with E-state index < -0.39 is 5.97 Å². The molecule has 0 atom stereocenters. The van der Waals surface area contributed by atoms with Crippen LogP contribution in [-0.4, -0.2) is 16.1 Å². The molecule has 5 heteroatoms. The Balaban J connectivity index is 2.01. The van der Waals surface area contributed by atoms with Gasteiger partial charge < -0.3 is 5.11 Å². The highest BCUT2D eigenvalue weighted by Gasteiger charge is 2.10. The van der Waals surface area contributed by atoms with Gasteiger partial charge in [0.05, 0.1) is 5.56 Å². The molecule has 100 valence electrons. The number of carboxylic acid groups (broad SMARTS) is 1. The van der Waals surface area contributed by atoms with Crippen molar-refractivity contribution in [1.29, 1.82) is 0 Å². The minimum Gasteiger partial charge on any atom is -0.478 e. The molecule has 3 rings (SSSR count). The van der Waals surface area contributed by atoms with E-state index in [2.05, 4.69) is 4.98 Å². The lowest BCUT2D eigenvalue weighted by atomic mass is 10.1. The molecular formula is C15H11NO2S2.